The Hall–Kier alpha value is -1.39. The highest BCUT2D eigenvalue weighted by Crippen LogP contribution is 2.11. The van der Waals surface area contributed by atoms with Crippen LogP contribution < -0.4 is 11.1 Å². The first kappa shape index (κ1) is 15.7. The van der Waals surface area contributed by atoms with E-state index in [1.807, 2.05) is 31.2 Å². The third-order valence-corrected chi connectivity index (χ3v) is 2.83. The van der Waals surface area contributed by atoms with Gasteiger partial charge in [-0.1, -0.05) is 36.8 Å². The van der Waals surface area contributed by atoms with Gasteiger partial charge in [0.05, 0.1) is 0 Å². The molecule has 4 nitrogen and oxygen atoms in total. The van der Waals surface area contributed by atoms with Crippen LogP contribution in [0, 0.1) is 6.92 Å². The van der Waals surface area contributed by atoms with Crippen LogP contribution >= 0.6 is 0 Å². The third-order valence-electron chi connectivity index (χ3n) is 2.83. The summed E-state index contributed by atoms with van der Waals surface area (Å²) in [5.41, 5.74) is 7.90. The first-order valence-electron chi connectivity index (χ1n) is 6.82. The van der Waals surface area contributed by atoms with Gasteiger partial charge in [-0.2, -0.15) is 0 Å². The number of hydrogen-bond donors (Lipinski definition) is 2. The van der Waals surface area contributed by atoms with Gasteiger partial charge in [-0.05, 0) is 25.3 Å². The molecule has 0 spiro atoms. The molecule has 0 radical (unpaired) electrons. The molecular weight excluding hydrogens is 240 g/mol. The van der Waals surface area contributed by atoms with Crippen molar-refractivity contribution in [2.24, 2.45) is 5.73 Å². The molecule has 1 unspecified atom stereocenters. The summed E-state index contributed by atoms with van der Waals surface area (Å²) < 4.78 is 5.34. The largest absolute Gasteiger partial charge is 0.381 e. The number of carbonyl (C=O) groups is 1. The van der Waals surface area contributed by atoms with Gasteiger partial charge in [0, 0.05) is 19.8 Å². The van der Waals surface area contributed by atoms with Crippen LogP contribution in [0.4, 0.5) is 0 Å². The van der Waals surface area contributed by atoms with Gasteiger partial charge in [0.25, 0.3) is 0 Å². The topological polar surface area (TPSA) is 64.3 Å². The maximum absolute atomic E-state index is 11.8. The van der Waals surface area contributed by atoms with E-state index in [1.165, 1.54) is 0 Å². The van der Waals surface area contributed by atoms with E-state index in [4.69, 9.17) is 10.5 Å². The van der Waals surface area contributed by atoms with Gasteiger partial charge in [-0.3, -0.25) is 4.79 Å². The van der Waals surface area contributed by atoms with Crippen molar-refractivity contribution in [2.75, 3.05) is 19.8 Å². The Kier molecular flexibility index (Phi) is 7.15. The maximum atomic E-state index is 11.8. The lowest BCUT2D eigenvalue weighted by Gasteiger charge is -2.12. The molecule has 4 heteroatoms. The normalized spacial score (nSPS) is 12.2. The number of ether oxygens (including phenoxy) is 1. The summed E-state index contributed by atoms with van der Waals surface area (Å²) in [5.74, 6) is -0.139. The van der Waals surface area contributed by atoms with Gasteiger partial charge in [-0.15, -0.1) is 0 Å². The number of carbonyl (C=O) groups excluding carboxylic acids is 1. The molecule has 1 rings (SSSR count). The van der Waals surface area contributed by atoms with Gasteiger partial charge >= 0.3 is 0 Å². The van der Waals surface area contributed by atoms with E-state index in [-0.39, 0.29) is 5.91 Å². The number of nitrogens with one attached hydrogen (secondary N) is 1. The fourth-order valence-electron chi connectivity index (χ4n) is 1.67. The molecule has 0 saturated heterocycles. The van der Waals surface area contributed by atoms with Crippen molar-refractivity contribution in [3.63, 3.8) is 0 Å². The number of hydrogen-bond acceptors (Lipinski definition) is 3. The predicted molar refractivity (Wildman–Crippen MR) is 76.8 cm³/mol. The van der Waals surface area contributed by atoms with Crippen LogP contribution in [-0.2, 0) is 9.53 Å². The van der Waals surface area contributed by atoms with Crippen LogP contribution in [0.25, 0.3) is 0 Å². The van der Waals surface area contributed by atoms with Crippen molar-refractivity contribution in [2.45, 2.75) is 32.7 Å². The van der Waals surface area contributed by atoms with Crippen LogP contribution in [-0.4, -0.2) is 25.7 Å². The minimum absolute atomic E-state index is 0.139. The average Bonchev–Trinajstić information content (AvgIpc) is 2.42. The summed E-state index contributed by atoms with van der Waals surface area (Å²) in [7, 11) is 0. The number of benzene rings is 1. The molecule has 0 fully saturated rings. The highest BCUT2D eigenvalue weighted by atomic mass is 16.5. The highest BCUT2D eigenvalue weighted by molar-refractivity contribution is 5.82. The van der Waals surface area contributed by atoms with E-state index < -0.39 is 6.04 Å². The van der Waals surface area contributed by atoms with Crippen molar-refractivity contribution in [1.82, 2.24) is 5.32 Å². The van der Waals surface area contributed by atoms with Gasteiger partial charge in [-0.25, -0.2) is 0 Å². The summed E-state index contributed by atoms with van der Waals surface area (Å²) in [4.78, 5) is 11.8. The maximum Gasteiger partial charge on any atom is 0.241 e. The lowest BCUT2D eigenvalue weighted by Crippen LogP contribution is -2.35. The zero-order chi connectivity index (χ0) is 14.1. The fraction of sp³-hybridized carbons (Fsp3) is 0.533. The minimum Gasteiger partial charge on any atom is -0.381 e. The van der Waals surface area contributed by atoms with Crippen molar-refractivity contribution >= 4 is 5.91 Å². The zero-order valence-electron chi connectivity index (χ0n) is 11.8. The Labute approximate surface area is 115 Å². The van der Waals surface area contributed by atoms with E-state index in [0.29, 0.717) is 13.2 Å². The van der Waals surface area contributed by atoms with Gasteiger partial charge in [0.2, 0.25) is 5.91 Å². The van der Waals surface area contributed by atoms with Crippen LogP contribution in [0.3, 0.4) is 0 Å². The SMILES string of the molecule is CCCOCCCNC(=O)C(N)c1ccc(C)cc1. The van der Waals surface area contributed by atoms with Crippen molar-refractivity contribution in [3.8, 4) is 0 Å². The second-order valence-electron chi connectivity index (χ2n) is 4.65. The van der Waals surface area contributed by atoms with Crippen LogP contribution in [0.1, 0.15) is 36.9 Å². The van der Waals surface area contributed by atoms with Crippen molar-refractivity contribution < 1.29 is 9.53 Å². The van der Waals surface area contributed by atoms with E-state index in [0.717, 1.165) is 30.6 Å². The second-order valence-corrected chi connectivity index (χ2v) is 4.65. The van der Waals surface area contributed by atoms with E-state index >= 15 is 0 Å². The molecule has 106 valence electrons. The molecule has 0 aliphatic heterocycles. The number of rotatable bonds is 8. The molecular formula is C15H24N2O2. The van der Waals surface area contributed by atoms with Crippen LogP contribution in [0.5, 0.6) is 0 Å². The van der Waals surface area contributed by atoms with E-state index in [1.54, 1.807) is 0 Å². The fourth-order valence-corrected chi connectivity index (χ4v) is 1.67. The third kappa shape index (κ3) is 5.85. The molecule has 19 heavy (non-hydrogen) atoms. The van der Waals surface area contributed by atoms with Gasteiger partial charge in [0.15, 0.2) is 0 Å². The average molecular weight is 264 g/mol. The first-order chi connectivity index (χ1) is 9.15. The molecule has 0 saturated carbocycles. The molecule has 0 aromatic heterocycles. The summed E-state index contributed by atoms with van der Waals surface area (Å²) in [6.45, 7) is 6.13. The lowest BCUT2D eigenvalue weighted by molar-refractivity contribution is -0.122. The number of aryl methyl sites for hydroxylation is 1. The molecule has 0 bridgehead atoms. The smallest absolute Gasteiger partial charge is 0.241 e. The minimum atomic E-state index is -0.600. The Morgan fingerprint density at radius 3 is 2.63 bits per heavy atom. The molecule has 1 atom stereocenters. The van der Waals surface area contributed by atoms with Gasteiger partial charge in [0.1, 0.15) is 6.04 Å². The van der Waals surface area contributed by atoms with E-state index in [2.05, 4.69) is 12.2 Å². The molecule has 1 aromatic carbocycles. The lowest BCUT2D eigenvalue weighted by atomic mass is 10.1. The molecule has 1 aromatic rings. The summed E-state index contributed by atoms with van der Waals surface area (Å²) in [6, 6.07) is 7.10. The molecule has 0 aliphatic carbocycles. The molecule has 1 amide bonds. The van der Waals surface area contributed by atoms with Crippen molar-refractivity contribution in [1.29, 1.82) is 0 Å². The van der Waals surface area contributed by atoms with Crippen molar-refractivity contribution in [3.05, 3.63) is 35.4 Å². The molecule has 0 heterocycles. The first-order valence-corrected chi connectivity index (χ1v) is 6.82. The molecule has 0 aliphatic rings. The second kappa shape index (κ2) is 8.67. The summed E-state index contributed by atoms with van der Waals surface area (Å²) in [6.07, 6.45) is 1.83. The summed E-state index contributed by atoms with van der Waals surface area (Å²) in [5, 5.41) is 2.83. The van der Waals surface area contributed by atoms with Crippen LogP contribution in [0.2, 0.25) is 0 Å². The quantitative estimate of drug-likeness (QED) is 0.705. The Bertz CT molecular complexity index is 376. The van der Waals surface area contributed by atoms with E-state index in [9.17, 15) is 4.79 Å². The zero-order valence-corrected chi connectivity index (χ0v) is 11.8. The number of nitrogens with two attached hydrogens (primary N) is 1. The van der Waals surface area contributed by atoms with Crippen LogP contribution in [0.15, 0.2) is 24.3 Å². The Balaban J connectivity index is 2.27. The van der Waals surface area contributed by atoms with Gasteiger partial charge < -0.3 is 15.8 Å². The standard InChI is InChI=1S/C15H24N2O2/c1-3-10-19-11-4-9-17-15(18)14(16)13-7-5-12(2)6-8-13/h5-8,14H,3-4,9-11,16H2,1-2H3,(H,17,18). The predicted octanol–water partition coefficient (Wildman–Crippen LogP) is 1.93. The Morgan fingerprint density at radius 1 is 1.32 bits per heavy atom. The monoisotopic (exact) mass is 264 g/mol. The summed E-state index contributed by atoms with van der Waals surface area (Å²) >= 11 is 0. The Morgan fingerprint density at radius 2 is 2.00 bits per heavy atom. The number of amides is 1. The molecule has 3 N–H and O–H groups in total. The highest BCUT2D eigenvalue weighted by Gasteiger charge is 2.14.